The van der Waals surface area contributed by atoms with Crippen LogP contribution in [0, 0.1) is 0 Å². The van der Waals surface area contributed by atoms with E-state index in [1.807, 2.05) is 61.5 Å². The molecule has 0 radical (unpaired) electrons. The van der Waals surface area contributed by atoms with E-state index in [1.54, 1.807) is 19.1 Å². The first-order valence-electron chi connectivity index (χ1n) is 9.24. The summed E-state index contributed by atoms with van der Waals surface area (Å²) in [6.07, 6.45) is 1.70. The largest absolute Gasteiger partial charge is 0.497 e. The number of ether oxygens (including phenoxy) is 1. The van der Waals surface area contributed by atoms with Gasteiger partial charge in [0, 0.05) is 13.6 Å². The van der Waals surface area contributed by atoms with E-state index in [9.17, 15) is 9.59 Å². The van der Waals surface area contributed by atoms with Gasteiger partial charge < -0.3 is 15.0 Å². The standard InChI is InChI=1S/C22H28N2O3/c1-4-9-20(23-21(25)15-17-10-6-5-7-11-17)22(26)24(2)16-18-12-8-13-19(14-18)27-3/h5-8,10-14,20H,4,9,15-16H2,1-3H3,(H,23,25). The molecule has 0 aliphatic heterocycles. The van der Waals surface area contributed by atoms with Crippen LogP contribution in [0.25, 0.3) is 0 Å². The minimum atomic E-state index is -0.512. The van der Waals surface area contributed by atoms with Crippen LogP contribution in [-0.2, 0) is 22.6 Å². The lowest BCUT2D eigenvalue weighted by Gasteiger charge is -2.24. The van der Waals surface area contributed by atoms with E-state index in [4.69, 9.17) is 4.74 Å². The fourth-order valence-electron chi connectivity index (χ4n) is 2.96. The highest BCUT2D eigenvalue weighted by Crippen LogP contribution is 2.15. The zero-order valence-electron chi connectivity index (χ0n) is 16.3. The number of benzene rings is 2. The minimum Gasteiger partial charge on any atom is -0.497 e. The molecule has 0 fully saturated rings. The van der Waals surface area contributed by atoms with E-state index in [0.29, 0.717) is 13.0 Å². The van der Waals surface area contributed by atoms with E-state index in [1.165, 1.54) is 0 Å². The van der Waals surface area contributed by atoms with E-state index in [-0.39, 0.29) is 18.2 Å². The second-order valence-corrected chi connectivity index (χ2v) is 6.62. The third-order valence-electron chi connectivity index (χ3n) is 4.35. The lowest BCUT2D eigenvalue weighted by Crippen LogP contribution is -2.47. The number of nitrogens with one attached hydrogen (secondary N) is 1. The first-order valence-corrected chi connectivity index (χ1v) is 9.24. The maximum Gasteiger partial charge on any atom is 0.245 e. The summed E-state index contributed by atoms with van der Waals surface area (Å²) in [6, 6.07) is 16.7. The molecule has 0 aromatic heterocycles. The quantitative estimate of drug-likeness (QED) is 0.740. The number of carbonyl (C=O) groups excluding carboxylic acids is 2. The van der Waals surface area contributed by atoms with Crippen molar-refractivity contribution < 1.29 is 14.3 Å². The highest BCUT2D eigenvalue weighted by atomic mass is 16.5. The number of rotatable bonds is 9. The summed E-state index contributed by atoms with van der Waals surface area (Å²) < 4.78 is 5.23. The second kappa shape index (κ2) is 10.4. The molecule has 27 heavy (non-hydrogen) atoms. The normalized spacial score (nSPS) is 11.5. The molecule has 5 heteroatoms. The fraction of sp³-hybridized carbons (Fsp3) is 0.364. The smallest absolute Gasteiger partial charge is 0.245 e. The Hall–Kier alpha value is -2.82. The van der Waals surface area contributed by atoms with Crippen LogP contribution in [0.4, 0.5) is 0 Å². The predicted octanol–water partition coefficient (Wildman–Crippen LogP) is 3.18. The number of carbonyl (C=O) groups is 2. The van der Waals surface area contributed by atoms with Gasteiger partial charge in [0.2, 0.25) is 11.8 Å². The Labute approximate surface area is 161 Å². The maximum absolute atomic E-state index is 12.9. The monoisotopic (exact) mass is 368 g/mol. The highest BCUT2D eigenvalue weighted by Gasteiger charge is 2.23. The Morgan fingerprint density at radius 3 is 2.44 bits per heavy atom. The van der Waals surface area contributed by atoms with Gasteiger partial charge in [0.05, 0.1) is 13.5 Å². The van der Waals surface area contributed by atoms with Crippen molar-refractivity contribution in [3.05, 3.63) is 65.7 Å². The Bertz CT molecular complexity index is 746. The Morgan fingerprint density at radius 2 is 1.78 bits per heavy atom. The van der Waals surface area contributed by atoms with Gasteiger partial charge in [0.25, 0.3) is 0 Å². The molecule has 0 heterocycles. The van der Waals surface area contributed by atoms with Crippen molar-refractivity contribution in [2.45, 2.75) is 38.8 Å². The fourth-order valence-corrected chi connectivity index (χ4v) is 2.96. The molecule has 2 aromatic rings. The van der Waals surface area contributed by atoms with E-state index in [2.05, 4.69) is 5.32 Å². The van der Waals surface area contributed by atoms with Crippen LogP contribution < -0.4 is 10.1 Å². The van der Waals surface area contributed by atoms with Gasteiger partial charge in [0.15, 0.2) is 0 Å². The summed E-state index contributed by atoms with van der Waals surface area (Å²) in [5.74, 6) is 0.540. The summed E-state index contributed by atoms with van der Waals surface area (Å²) in [5.41, 5.74) is 1.92. The lowest BCUT2D eigenvalue weighted by molar-refractivity contribution is -0.135. The van der Waals surface area contributed by atoms with Gasteiger partial charge in [-0.2, -0.15) is 0 Å². The third kappa shape index (κ3) is 6.44. The highest BCUT2D eigenvalue weighted by molar-refractivity contribution is 5.88. The molecule has 0 spiro atoms. The van der Waals surface area contributed by atoms with Crippen molar-refractivity contribution >= 4 is 11.8 Å². The van der Waals surface area contributed by atoms with Crippen molar-refractivity contribution in [3.63, 3.8) is 0 Å². The summed E-state index contributed by atoms with van der Waals surface area (Å²) in [4.78, 5) is 26.9. The molecule has 0 bridgehead atoms. The van der Waals surface area contributed by atoms with E-state index in [0.717, 1.165) is 23.3 Å². The predicted molar refractivity (Wildman–Crippen MR) is 106 cm³/mol. The van der Waals surface area contributed by atoms with Gasteiger partial charge in [-0.15, -0.1) is 0 Å². The number of nitrogens with zero attached hydrogens (tertiary/aromatic N) is 1. The Morgan fingerprint density at radius 1 is 1.07 bits per heavy atom. The van der Waals surface area contributed by atoms with Crippen molar-refractivity contribution in [3.8, 4) is 5.75 Å². The Balaban J connectivity index is 1.98. The van der Waals surface area contributed by atoms with Crippen molar-refractivity contribution in [1.82, 2.24) is 10.2 Å². The molecular weight excluding hydrogens is 340 g/mol. The number of likely N-dealkylation sites (N-methyl/N-ethyl adjacent to an activating group) is 1. The van der Waals surface area contributed by atoms with Crippen LogP contribution in [0.1, 0.15) is 30.9 Å². The van der Waals surface area contributed by atoms with Crippen molar-refractivity contribution in [2.24, 2.45) is 0 Å². The van der Waals surface area contributed by atoms with E-state index < -0.39 is 6.04 Å². The SMILES string of the molecule is CCCC(NC(=O)Cc1ccccc1)C(=O)N(C)Cc1cccc(OC)c1. The molecule has 5 nitrogen and oxygen atoms in total. The first kappa shape index (κ1) is 20.5. The Kier molecular flexibility index (Phi) is 7.86. The topological polar surface area (TPSA) is 58.6 Å². The van der Waals surface area contributed by atoms with Gasteiger partial charge >= 0.3 is 0 Å². The summed E-state index contributed by atoms with van der Waals surface area (Å²) in [6.45, 7) is 2.47. The second-order valence-electron chi connectivity index (χ2n) is 6.62. The lowest BCUT2D eigenvalue weighted by atomic mass is 10.1. The summed E-state index contributed by atoms with van der Waals surface area (Å²) >= 11 is 0. The molecule has 0 saturated carbocycles. The van der Waals surface area contributed by atoms with Crippen LogP contribution in [0.15, 0.2) is 54.6 Å². The van der Waals surface area contributed by atoms with Gasteiger partial charge in [-0.05, 0) is 29.7 Å². The van der Waals surface area contributed by atoms with Crippen molar-refractivity contribution in [2.75, 3.05) is 14.2 Å². The molecular formula is C22H28N2O3. The van der Waals surface area contributed by atoms with Crippen LogP contribution in [0.5, 0.6) is 5.75 Å². The van der Waals surface area contributed by atoms with Gasteiger partial charge in [-0.1, -0.05) is 55.8 Å². The molecule has 144 valence electrons. The van der Waals surface area contributed by atoms with E-state index >= 15 is 0 Å². The zero-order chi connectivity index (χ0) is 19.6. The van der Waals surface area contributed by atoms with Gasteiger partial charge in [-0.25, -0.2) is 0 Å². The zero-order valence-corrected chi connectivity index (χ0v) is 16.3. The molecule has 2 amide bonds. The molecule has 1 atom stereocenters. The van der Waals surface area contributed by atoms with Crippen LogP contribution in [0.3, 0.4) is 0 Å². The average Bonchev–Trinajstić information content (AvgIpc) is 2.68. The molecule has 2 rings (SSSR count). The van der Waals surface area contributed by atoms with Gasteiger partial charge in [-0.3, -0.25) is 9.59 Å². The average molecular weight is 368 g/mol. The van der Waals surface area contributed by atoms with Crippen LogP contribution >= 0.6 is 0 Å². The summed E-state index contributed by atoms with van der Waals surface area (Å²) in [7, 11) is 3.38. The maximum atomic E-state index is 12.9. The number of methoxy groups -OCH3 is 1. The molecule has 0 saturated heterocycles. The number of hydrogen-bond acceptors (Lipinski definition) is 3. The number of hydrogen-bond donors (Lipinski definition) is 1. The van der Waals surface area contributed by atoms with Gasteiger partial charge in [0.1, 0.15) is 11.8 Å². The molecule has 2 aromatic carbocycles. The van der Waals surface area contributed by atoms with Crippen LogP contribution in [0.2, 0.25) is 0 Å². The molecule has 0 aliphatic rings. The first-order chi connectivity index (χ1) is 13.0. The third-order valence-corrected chi connectivity index (χ3v) is 4.35. The van der Waals surface area contributed by atoms with Crippen molar-refractivity contribution in [1.29, 1.82) is 0 Å². The molecule has 1 unspecified atom stereocenters. The molecule has 1 N–H and O–H groups in total. The molecule has 0 aliphatic carbocycles. The minimum absolute atomic E-state index is 0.0823. The summed E-state index contributed by atoms with van der Waals surface area (Å²) in [5, 5.41) is 2.90. The van der Waals surface area contributed by atoms with Crippen LogP contribution in [-0.4, -0.2) is 36.9 Å². The number of amides is 2.